The van der Waals surface area contributed by atoms with E-state index in [2.05, 4.69) is 30.1 Å². The van der Waals surface area contributed by atoms with Gasteiger partial charge in [0.1, 0.15) is 11.1 Å². The normalized spacial score (nSPS) is 24.8. The molecule has 0 radical (unpaired) electrons. The van der Waals surface area contributed by atoms with Gasteiger partial charge in [-0.3, -0.25) is 9.69 Å². The van der Waals surface area contributed by atoms with Crippen molar-refractivity contribution < 1.29 is 4.79 Å². The Kier molecular flexibility index (Phi) is 4.51. The van der Waals surface area contributed by atoms with E-state index in [9.17, 15) is 10.1 Å². The van der Waals surface area contributed by atoms with Crippen molar-refractivity contribution in [3.05, 3.63) is 16.0 Å². The van der Waals surface area contributed by atoms with Crippen LogP contribution in [0.3, 0.4) is 0 Å². The van der Waals surface area contributed by atoms with E-state index in [1.807, 2.05) is 0 Å². The van der Waals surface area contributed by atoms with Crippen LogP contribution >= 0.6 is 11.3 Å². The summed E-state index contributed by atoms with van der Waals surface area (Å²) in [4.78, 5) is 15.9. The van der Waals surface area contributed by atoms with Crippen molar-refractivity contribution in [3.8, 4) is 6.07 Å². The molecule has 4 nitrogen and oxygen atoms in total. The molecule has 1 saturated heterocycles. The number of nitrogens with one attached hydrogen (secondary N) is 1. The fourth-order valence-electron chi connectivity index (χ4n) is 3.90. The first-order valence-corrected chi connectivity index (χ1v) is 8.95. The zero-order valence-electron chi connectivity index (χ0n) is 13.3. The maximum absolute atomic E-state index is 12.3. The highest BCUT2D eigenvalue weighted by molar-refractivity contribution is 7.16. The number of amides is 1. The highest BCUT2D eigenvalue weighted by atomic mass is 32.1. The lowest BCUT2D eigenvalue weighted by atomic mass is 9.92. The molecular formula is C17H23N3OS. The summed E-state index contributed by atoms with van der Waals surface area (Å²) in [6.45, 7) is 6.91. The van der Waals surface area contributed by atoms with E-state index in [1.54, 1.807) is 11.3 Å². The summed E-state index contributed by atoms with van der Waals surface area (Å²) < 4.78 is 0. The molecule has 118 valence electrons. The number of fused-ring (bicyclic) bond motifs is 1. The van der Waals surface area contributed by atoms with Crippen LogP contribution in [0.2, 0.25) is 0 Å². The topological polar surface area (TPSA) is 56.1 Å². The van der Waals surface area contributed by atoms with E-state index in [1.165, 1.54) is 16.9 Å². The molecule has 5 heteroatoms. The minimum atomic E-state index is 0.0118. The lowest BCUT2D eigenvalue weighted by Gasteiger charge is -2.34. The monoisotopic (exact) mass is 317 g/mol. The average Bonchev–Trinajstić information content (AvgIpc) is 2.97. The highest BCUT2D eigenvalue weighted by Crippen LogP contribution is 2.38. The third-order valence-electron chi connectivity index (χ3n) is 4.60. The first-order valence-electron chi connectivity index (χ1n) is 8.13. The molecule has 0 saturated carbocycles. The van der Waals surface area contributed by atoms with Gasteiger partial charge in [-0.2, -0.15) is 5.26 Å². The zero-order chi connectivity index (χ0) is 15.7. The second-order valence-electron chi connectivity index (χ2n) is 6.86. The van der Waals surface area contributed by atoms with Crippen LogP contribution in [0, 0.1) is 23.2 Å². The Morgan fingerprint density at radius 1 is 1.36 bits per heavy atom. The SMILES string of the molecule is C[C@H]1C[C@H](C)CN(CC(=O)Nc2sc3c(c2C#N)CCC3)C1. The molecule has 22 heavy (non-hydrogen) atoms. The molecule has 0 unspecified atom stereocenters. The summed E-state index contributed by atoms with van der Waals surface area (Å²) in [6, 6.07) is 2.28. The first kappa shape index (κ1) is 15.5. The van der Waals surface area contributed by atoms with E-state index in [0.29, 0.717) is 23.9 Å². The molecule has 0 spiro atoms. The van der Waals surface area contributed by atoms with Crippen LogP contribution in [0.1, 0.15) is 42.7 Å². The van der Waals surface area contributed by atoms with Crippen molar-refractivity contribution in [2.75, 3.05) is 25.0 Å². The number of aryl methyl sites for hydroxylation is 1. The van der Waals surface area contributed by atoms with Gasteiger partial charge in [0.2, 0.25) is 5.91 Å². The molecule has 1 amide bonds. The summed E-state index contributed by atoms with van der Waals surface area (Å²) in [6.07, 6.45) is 4.40. The Hall–Kier alpha value is -1.38. The summed E-state index contributed by atoms with van der Waals surface area (Å²) >= 11 is 1.59. The van der Waals surface area contributed by atoms with Crippen LogP contribution in [-0.4, -0.2) is 30.4 Å². The Labute approximate surface area is 136 Å². The van der Waals surface area contributed by atoms with Crippen LogP contribution in [0.5, 0.6) is 0 Å². The van der Waals surface area contributed by atoms with Crippen LogP contribution in [0.15, 0.2) is 0 Å². The first-order chi connectivity index (χ1) is 10.6. The second kappa shape index (κ2) is 6.39. The van der Waals surface area contributed by atoms with Gasteiger partial charge in [-0.25, -0.2) is 0 Å². The number of nitrogens with zero attached hydrogens (tertiary/aromatic N) is 2. The number of likely N-dealkylation sites (tertiary alicyclic amines) is 1. The van der Waals surface area contributed by atoms with Gasteiger partial charge in [-0.05, 0) is 43.1 Å². The summed E-state index contributed by atoms with van der Waals surface area (Å²) in [5, 5.41) is 13.1. The van der Waals surface area contributed by atoms with E-state index in [-0.39, 0.29) is 5.91 Å². The van der Waals surface area contributed by atoms with Gasteiger partial charge in [0.05, 0.1) is 12.1 Å². The largest absolute Gasteiger partial charge is 0.315 e. The number of nitriles is 1. The standard InChI is InChI=1S/C17H23N3OS/c1-11-6-12(2)9-20(8-11)10-16(21)19-17-14(7-18)13-4-3-5-15(13)22-17/h11-12H,3-6,8-10H2,1-2H3,(H,19,21)/t11-,12-/m0/s1. The van der Waals surface area contributed by atoms with Crippen molar-refractivity contribution in [3.63, 3.8) is 0 Å². The lowest BCUT2D eigenvalue weighted by molar-refractivity contribution is -0.117. The predicted octanol–water partition coefficient (Wildman–Crippen LogP) is 3.02. The quantitative estimate of drug-likeness (QED) is 0.932. The lowest BCUT2D eigenvalue weighted by Crippen LogP contribution is -2.42. The molecule has 2 aliphatic rings. The van der Waals surface area contributed by atoms with Crippen LogP contribution in [-0.2, 0) is 17.6 Å². The number of rotatable bonds is 3. The van der Waals surface area contributed by atoms with Gasteiger partial charge in [0.15, 0.2) is 0 Å². The Morgan fingerprint density at radius 2 is 2.09 bits per heavy atom. The third-order valence-corrected chi connectivity index (χ3v) is 5.80. The number of thiophene rings is 1. The predicted molar refractivity (Wildman–Crippen MR) is 89.1 cm³/mol. The molecule has 1 N–H and O–H groups in total. The molecule has 3 rings (SSSR count). The molecule has 1 aliphatic heterocycles. The Morgan fingerprint density at radius 3 is 2.77 bits per heavy atom. The van der Waals surface area contributed by atoms with Gasteiger partial charge < -0.3 is 5.32 Å². The number of anilines is 1. The van der Waals surface area contributed by atoms with Crippen molar-refractivity contribution in [1.29, 1.82) is 5.26 Å². The molecule has 1 aromatic heterocycles. The van der Waals surface area contributed by atoms with E-state index < -0.39 is 0 Å². The maximum atomic E-state index is 12.3. The maximum Gasteiger partial charge on any atom is 0.239 e. The Bertz CT molecular complexity index is 606. The number of hydrogen-bond donors (Lipinski definition) is 1. The van der Waals surface area contributed by atoms with E-state index in [4.69, 9.17) is 0 Å². The minimum Gasteiger partial charge on any atom is -0.315 e. The Balaban J connectivity index is 1.64. The van der Waals surface area contributed by atoms with Gasteiger partial charge in [0, 0.05) is 18.0 Å². The van der Waals surface area contributed by atoms with Crippen LogP contribution in [0.4, 0.5) is 5.00 Å². The molecule has 2 atom stereocenters. The molecular weight excluding hydrogens is 294 g/mol. The van der Waals surface area contributed by atoms with Gasteiger partial charge >= 0.3 is 0 Å². The van der Waals surface area contributed by atoms with Gasteiger partial charge in [0.25, 0.3) is 0 Å². The van der Waals surface area contributed by atoms with Crippen LogP contribution < -0.4 is 5.32 Å². The minimum absolute atomic E-state index is 0.0118. The van der Waals surface area contributed by atoms with E-state index >= 15 is 0 Å². The fraction of sp³-hybridized carbons (Fsp3) is 0.647. The van der Waals surface area contributed by atoms with Gasteiger partial charge in [-0.1, -0.05) is 13.8 Å². The van der Waals surface area contributed by atoms with E-state index in [0.717, 1.165) is 37.4 Å². The average molecular weight is 317 g/mol. The molecule has 0 aromatic carbocycles. The van der Waals surface area contributed by atoms with Crippen LogP contribution in [0.25, 0.3) is 0 Å². The van der Waals surface area contributed by atoms with Crippen molar-refractivity contribution in [2.24, 2.45) is 11.8 Å². The second-order valence-corrected chi connectivity index (χ2v) is 7.97. The number of carbonyl (C=O) groups excluding carboxylic acids is 1. The number of piperidine rings is 1. The van der Waals surface area contributed by atoms with Crippen molar-refractivity contribution in [2.45, 2.75) is 39.5 Å². The summed E-state index contributed by atoms with van der Waals surface area (Å²) in [5.41, 5.74) is 1.87. The third kappa shape index (κ3) is 3.18. The zero-order valence-corrected chi connectivity index (χ0v) is 14.1. The summed E-state index contributed by atoms with van der Waals surface area (Å²) in [5.74, 6) is 1.31. The molecule has 1 aromatic rings. The van der Waals surface area contributed by atoms with Crippen molar-refractivity contribution in [1.82, 2.24) is 4.90 Å². The summed E-state index contributed by atoms with van der Waals surface area (Å²) in [7, 11) is 0. The fourth-order valence-corrected chi connectivity index (χ4v) is 5.16. The number of hydrogen-bond acceptors (Lipinski definition) is 4. The molecule has 0 bridgehead atoms. The molecule has 1 fully saturated rings. The number of carbonyl (C=O) groups is 1. The van der Waals surface area contributed by atoms with Gasteiger partial charge in [-0.15, -0.1) is 11.3 Å². The smallest absolute Gasteiger partial charge is 0.239 e. The highest BCUT2D eigenvalue weighted by Gasteiger charge is 2.25. The molecule has 2 heterocycles. The molecule has 1 aliphatic carbocycles. The van der Waals surface area contributed by atoms with Crippen molar-refractivity contribution >= 4 is 22.2 Å².